The molecule has 0 aliphatic heterocycles. The van der Waals surface area contributed by atoms with Gasteiger partial charge in [0.25, 0.3) is 5.56 Å². The summed E-state index contributed by atoms with van der Waals surface area (Å²) >= 11 is 0. The third-order valence-corrected chi connectivity index (χ3v) is 4.47. The van der Waals surface area contributed by atoms with Gasteiger partial charge in [-0.2, -0.15) is 0 Å². The molecule has 1 heterocycles. The van der Waals surface area contributed by atoms with E-state index in [1.807, 2.05) is 32.9 Å². The van der Waals surface area contributed by atoms with Crippen LogP contribution in [0.3, 0.4) is 0 Å². The van der Waals surface area contributed by atoms with Crippen LogP contribution in [-0.2, 0) is 29.5 Å². The molecule has 0 radical (unpaired) electrons. The molecule has 0 amide bonds. The van der Waals surface area contributed by atoms with E-state index < -0.39 is 29.6 Å². The Bertz CT molecular complexity index is 1050. The lowest BCUT2D eigenvalue weighted by Crippen LogP contribution is -2.43. The van der Waals surface area contributed by atoms with Crippen LogP contribution in [0.15, 0.2) is 33.9 Å². The highest BCUT2D eigenvalue weighted by Gasteiger charge is 2.23. The summed E-state index contributed by atoms with van der Waals surface area (Å²) < 4.78 is 12.4. The van der Waals surface area contributed by atoms with Gasteiger partial charge in [-0.3, -0.25) is 18.7 Å². The topological polar surface area (TPSA) is 123 Å². The van der Waals surface area contributed by atoms with Crippen molar-refractivity contribution in [2.24, 2.45) is 13.0 Å². The van der Waals surface area contributed by atoms with Gasteiger partial charge in [0.1, 0.15) is 17.1 Å². The number of carbonyl (C=O) groups excluding carboxylic acids is 2. The first-order valence-corrected chi connectivity index (χ1v) is 9.66. The van der Waals surface area contributed by atoms with Crippen LogP contribution in [0.5, 0.6) is 5.75 Å². The minimum absolute atomic E-state index is 0.0615. The zero-order valence-electron chi connectivity index (χ0n) is 17.6. The molecule has 9 nitrogen and oxygen atoms in total. The molecule has 162 valence electrons. The van der Waals surface area contributed by atoms with E-state index in [9.17, 15) is 19.2 Å². The average Bonchev–Trinajstić information content (AvgIpc) is 2.72. The normalized spacial score (nSPS) is 10.8. The van der Waals surface area contributed by atoms with Crippen molar-refractivity contribution in [2.45, 2.75) is 33.7 Å². The number of ether oxygens (including phenoxy) is 2. The number of nitrogens with two attached hydrogens (primary N) is 1. The fourth-order valence-electron chi connectivity index (χ4n) is 2.92. The molecule has 2 aromatic rings. The van der Waals surface area contributed by atoms with Gasteiger partial charge in [-0.1, -0.05) is 39.0 Å². The molecule has 0 saturated heterocycles. The molecule has 0 atom stereocenters. The van der Waals surface area contributed by atoms with Gasteiger partial charge in [0.15, 0.2) is 13.2 Å². The number of anilines is 1. The number of aromatic nitrogens is 2. The number of carbonyl (C=O) groups is 2. The molecule has 0 bridgehead atoms. The third-order valence-electron chi connectivity index (χ3n) is 4.47. The third kappa shape index (κ3) is 5.16. The number of nitrogens with zero attached hydrogens (tertiary/aromatic N) is 2. The number of hydrogen-bond donors (Lipinski definition) is 1. The van der Waals surface area contributed by atoms with Crippen molar-refractivity contribution in [1.29, 1.82) is 0 Å². The summed E-state index contributed by atoms with van der Waals surface area (Å²) in [6.45, 7) is 4.88. The van der Waals surface area contributed by atoms with E-state index in [4.69, 9.17) is 15.2 Å². The van der Waals surface area contributed by atoms with Crippen molar-refractivity contribution in [3.8, 4) is 5.75 Å². The Hall–Kier alpha value is -3.36. The molecule has 0 fully saturated rings. The van der Waals surface area contributed by atoms with Crippen molar-refractivity contribution >= 4 is 17.6 Å². The summed E-state index contributed by atoms with van der Waals surface area (Å²) in [6.07, 6.45) is 0.734. The summed E-state index contributed by atoms with van der Waals surface area (Å²) in [4.78, 5) is 49.2. The Balaban J connectivity index is 2.11. The molecule has 0 saturated carbocycles. The average molecular weight is 417 g/mol. The monoisotopic (exact) mass is 417 g/mol. The molecule has 0 aliphatic carbocycles. The zero-order valence-corrected chi connectivity index (χ0v) is 17.6. The Labute approximate surface area is 174 Å². The molecule has 2 N–H and O–H groups in total. The summed E-state index contributed by atoms with van der Waals surface area (Å²) in [5.74, 6) is -1.16. The summed E-state index contributed by atoms with van der Waals surface area (Å²) in [7, 11) is 1.27. The van der Waals surface area contributed by atoms with Gasteiger partial charge in [-0.05, 0) is 24.0 Å². The number of ketones is 1. The maximum Gasteiger partial charge on any atom is 0.344 e. The Kier molecular flexibility index (Phi) is 7.57. The molecule has 9 heteroatoms. The maximum absolute atomic E-state index is 12.5. The zero-order chi connectivity index (χ0) is 22.4. The van der Waals surface area contributed by atoms with E-state index in [2.05, 4.69) is 0 Å². The highest BCUT2D eigenvalue weighted by molar-refractivity contribution is 6.01. The first kappa shape index (κ1) is 22.9. The van der Waals surface area contributed by atoms with Crippen molar-refractivity contribution in [1.82, 2.24) is 9.13 Å². The van der Waals surface area contributed by atoms with Crippen LogP contribution in [0.4, 0.5) is 5.82 Å². The minimum atomic E-state index is -0.827. The minimum Gasteiger partial charge on any atom is -0.482 e. The van der Waals surface area contributed by atoms with E-state index in [0.717, 1.165) is 16.6 Å². The standard InChI is InChI=1S/C21H27N3O6/c1-5-14-8-6-7-9-16(14)29-12-17(26)30-11-15(25)18-19(22)24(10-13(2)3)21(28)23(4)20(18)27/h6-9,13H,5,10-12,22H2,1-4H3. The van der Waals surface area contributed by atoms with E-state index in [1.54, 1.807) is 12.1 Å². The van der Waals surface area contributed by atoms with Gasteiger partial charge in [-0.25, -0.2) is 9.59 Å². The number of esters is 1. The lowest BCUT2D eigenvalue weighted by molar-refractivity contribution is -0.144. The molecule has 1 aromatic heterocycles. The largest absolute Gasteiger partial charge is 0.482 e. The second-order valence-corrected chi connectivity index (χ2v) is 7.25. The molecular weight excluding hydrogens is 390 g/mol. The van der Waals surface area contributed by atoms with E-state index >= 15 is 0 Å². The first-order chi connectivity index (χ1) is 14.2. The smallest absolute Gasteiger partial charge is 0.344 e. The fraction of sp³-hybridized carbons (Fsp3) is 0.429. The van der Waals surface area contributed by atoms with Gasteiger partial charge in [0.2, 0.25) is 5.78 Å². The van der Waals surface area contributed by atoms with E-state index in [0.29, 0.717) is 5.75 Å². The SMILES string of the molecule is CCc1ccccc1OCC(=O)OCC(=O)c1c(N)n(CC(C)C)c(=O)n(C)c1=O. The van der Waals surface area contributed by atoms with Crippen LogP contribution in [-0.4, -0.2) is 34.1 Å². The fourth-order valence-corrected chi connectivity index (χ4v) is 2.92. The van der Waals surface area contributed by atoms with Crippen LogP contribution in [0, 0.1) is 5.92 Å². The van der Waals surface area contributed by atoms with Gasteiger partial charge in [0.05, 0.1) is 0 Å². The van der Waals surface area contributed by atoms with Crippen LogP contribution in [0.2, 0.25) is 0 Å². The Morgan fingerprint density at radius 1 is 1.13 bits per heavy atom. The number of Topliss-reactive ketones (excluding diaryl/α,β-unsaturated/α-hetero) is 1. The van der Waals surface area contributed by atoms with Crippen LogP contribution < -0.4 is 21.7 Å². The Morgan fingerprint density at radius 3 is 2.43 bits per heavy atom. The van der Waals surface area contributed by atoms with Crippen LogP contribution in [0.25, 0.3) is 0 Å². The molecule has 0 aliphatic rings. The van der Waals surface area contributed by atoms with Gasteiger partial charge in [0, 0.05) is 13.6 Å². The molecule has 2 rings (SSSR count). The number of rotatable bonds is 9. The summed E-state index contributed by atoms with van der Waals surface area (Å²) in [5, 5.41) is 0. The highest BCUT2D eigenvalue weighted by Crippen LogP contribution is 2.18. The molecular formula is C21H27N3O6. The predicted molar refractivity (Wildman–Crippen MR) is 112 cm³/mol. The van der Waals surface area contributed by atoms with Crippen molar-refractivity contribution in [2.75, 3.05) is 18.9 Å². The number of nitrogen functional groups attached to an aromatic ring is 1. The first-order valence-electron chi connectivity index (χ1n) is 9.66. The van der Waals surface area contributed by atoms with Crippen LogP contribution >= 0.6 is 0 Å². The molecule has 30 heavy (non-hydrogen) atoms. The van der Waals surface area contributed by atoms with Crippen molar-refractivity contribution in [3.05, 3.63) is 56.2 Å². The van der Waals surface area contributed by atoms with Gasteiger partial charge in [-0.15, -0.1) is 0 Å². The quantitative estimate of drug-likeness (QED) is 0.480. The second-order valence-electron chi connectivity index (χ2n) is 7.25. The number of para-hydroxylation sites is 1. The summed E-state index contributed by atoms with van der Waals surface area (Å²) in [5.41, 5.74) is 5.07. The van der Waals surface area contributed by atoms with Gasteiger partial charge >= 0.3 is 11.7 Å². The van der Waals surface area contributed by atoms with Crippen molar-refractivity contribution in [3.63, 3.8) is 0 Å². The molecule has 0 unspecified atom stereocenters. The maximum atomic E-state index is 12.5. The number of hydrogen-bond acceptors (Lipinski definition) is 7. The second kappa shape index (κ2) is 9.91. The van der Waals surface area contributed by atoms with E-state index in [-0.39, 0.29) is 30.5 Å². The molecule has 0 spiro atoms. The number of aryl methyl sites for hydroxylation is 1. The number of benzene rings is 1. The highest BCUT2D eigenvalue weighted by atomic mass is 16.6. The Morgan fingerprint density at radius 2 is 1.80 bits per heavy atom. The van der Waals surface area contributed by atoms with Crippen molar-refractivity contribution < 1.29 is 19.1 Å². The lowest BCUT2D eigenvalue weighted by atomic mass is 10.1. The summed E-state index contributed by atoms with van der Waals surface area (Å²) in [6, 6.07) is 7.27. The van der Waals surface area contributed by atoms with Gasteiger partial charge < -0.3 is 15.2 Å². The van der Waals surface area contributed by atoms with Crippen LogP contribution in [0.1, 0.15) is 36.7 Å². The van der Waals surface area contributed by atoms with E-state index in [1.165, 1.54) is 11.6 Å². The molecule has 1 aromatic carbocycles. The lowest BCUT2D eigenvalue weighted by Gasteiger charge is -2.16. The predicted octanol–water partition coefficient (Wildman–Crippen LogP) is 1.15.